The van der Waals surface area contributed by atoms with Gasteiger partial charge < -0.3 is 15.8 Å². The molecular weight excluding hydrogens is 316 g/mol. The largest absolute Gasteiger partial charge is 0.436 e. The zero-order valence-corrected chi connectivity index (χ0v) is 12.9. The number of carbonyl (C=O) groups excluding carboxylic acids is 1. The fourth-order valence-electron chi connectivity index (χ4n) is 2.45. The summed E-state index contributed by atoms with van der Waals surface area (Å²) in [6, 6.07) is 6.39. The molecule has 5 nitrogen and oxygen atoms in total. The summed E-state index contributed by atoms with van der Waals surface area (Å²) < 4.78 is 32.1. The zero-order valence-electron chi connectivity index (χ0n) is 12.9. The highest BCUT2D eigenvalue weighted by atomic mass is 19.1. The molecule has 1 aliphatic rings. The topological polar surface area (TPSA) is 77.2 Å². The second-order valence-corrected chi connectivity index (χ2v) is 5.84. The Labute approximate surface area is 137 Å². The van der Waals surface area contributed by atoms with E-state index in [1.165, 1.54) is 12.3 Å². The van der Waals surface area contributed by atoms with E-state index >= 15 is 0 Å². The number of nitrogens with zero attached hydrogens (tertiary/aromatic N) is 1. The van der Waals surface area contributed by atoms with Crippen molar-refractivity contribution in [2.24, 2.45) is 5.73 Å². The molecule has 1 aromatic carbocycles. The van der Waals surface area contributed by atoms with Crippen molar-refractivity contribution in [1.29, 1.82) is 0 Å². The molecule has 0 saturated heterocycles. The van der Waals surface area contributed by atoms with E-state index in [2.05, 4.69) is 10.3 Å². The normalized spacial score (nSPS) is 15.5. The Bertz CT molecular complexity index is 763. The lowest BCUT2D eigenvalue weighted by atomic mass is 9.77. The number of ether oxygens (including phenoxy) is 1. The minimum absolute atomic E-state index is 0.142. The van der Waals surface area contributed by atoms with Gasteiger partial charge in [-0.3, -0.25) is 4.79 Å². The van der Waals surface area contributed by atoms with Gasteiger partial charge in [-0.05, 0) is 37.5 Å². The summed E-state index contributed by atoms with van der Waals surface area (Å²) in [5.41, 5.74) is 5.73. The van der Waals surface area contributed by atoms with Crippen LogP contribution in [0.3, 0.4) is 0 Å². The van der Waals surface area contributed by atoms with E-state index < -0.39 is 17.2 Å². The van der Waals surface area contributed by atoms with E-state index in [4.69, 9.17) is 10.5 Å². The quantitative estimate of drug-likeness (QED) is 0.882. The third-order valence-corrected chi connectivity index (χ3v) is 4.09. The number of aromatic nitrogens is 1. The summed E-state index contributed by atoms with van der Waals surface area (Å²) in [6.07, 6.45) is 3.75. The third-order valence-electron chi connectivity index (χ3n) is 4.09. The predicted molar refractivity (Wildman–Crippen MR) is 83.3 cm³/mol. The molecule has 2 aromatic rings. The van der Waals surface area contributed by atoms with E-state index in [1.54, 1.807) is 12.1 Å². The lowest BCUT2D eigenvalue weighted by molar-refractivity contribution is -0.129. The average molecular weight is 333 g/mol. The summed E-state index contributed by atoms with van der Waals surface area (Å²) in [6.45, 7) is 0.157. The molecule has 3 rings (SSSR count). The SMILES string of the molecule is NC1(C(=O)NCc2cccnc2Oc2ccc(F)cc2F)CCC1. The van der Waals surface area contributed by atoms with E-state index in [1.807, 2.05) is 0 Å². The van der Waals surface area contributed by atoms with Crippen LogP contribution in [-0.2, 0) is 11.3 Å². The van der Waals surface area contributed by atoms with Gasteiger partial charge in [-0.25, -0.2) is 13.8 Å². The van der Waals surface area contributed by atoms with Crippen LogP contribution >= 0.6 is 0 Å². The van der Waals surface area contributed by atoms with Crippen molar-refractivity contribution in [3.05, 3.63) is 53.7 Å². The summed E-state index contributed by atoms with van der Waals surface area (Å²) in [5.74, 6) is -1.75. The molecule has 0 spiro atoms. The van der Waals surface area contributed by atoms with Crippen molar-refractivity contribution < 1.29 is 18.3 Å². The number of benzene rings is 1. The van der Waals surface area contributed by atoms with Gasteiger partial charge in [0.2, 0.25) is 11.8 Å². The van der Waals surface area contributed by atoms with Crippen molar-refractivity contribution in [1.82, 2.24) is 10.3 Å². The Morgan fingerprint density at radius 2 is 2.12 bits per heavy atom. The van der Waals surface area contributed by atoms with Gasteiger partial charge in [0.25, 0.3) is 0 Å². The average Bonchev–Trinajstić information content (AvgIpc) is 2.54. The van der Waals surface area contributed by atoms with Crippen LogP contribution in [-0.4, -0.2) is 16.4 Å². The van der Waals surface area contributed by atoms with Gasteiger partial charge >= 0.3 is 0 Å². The molecule has 0 atom stereocenters. The van der Waals surface area contributed by atoms with Gasteiger partial charge in [-0.1, -0.05) is 6.07 Å². The molecule has 0 radical (unpaired) electrons. The van der Waals surface area contributed by atoms with Crippen molar-refractivity contribution in [3.63, 3.8) is 0 Å². The van der Waals surface area contributed by atoms with Crippen LogP contribution in [0.1, 0.15) is 24.8 Å². The number of rotatable bonds is 5. The highest BCUT2D eigenvalue weighted by Gasteiger charge is 2.39. The molecule has 7 heteroatoms. The van der Waals surface area contributed by atoms with Crippen LogP contribution < -0.4 is 15.8 Å². The molecule has 24 heavy (non-hydrogen) atoms. The van der Waals surface area contributed by atoms with Crippen molar-refractivity contribution in [2.45, 2.75) is 31.3 Å². The predicted octanol–water partition coefficient (Wildman–Crippen LogP) is 2.65. The summed E-state index contributed by atoms with van der Waals surface area (Å²) in [7, 11) is 0. The molecule has 1 aromatic heterocycles. The summed E-state index contributed by atoms with van der Waals surface area (Å²) in [5, 5.41) is 2.75. The van der Waals surface area contributed by atoms with Gasteiger partial charge in [-0.15, -0.1) is 0 Å². The van der Waals surface area contributed by atoms with Crippen LogP contribution in [0, 0.1) is 11.6 Å². The van der Waals surface area contributed by atoms with E-state index in [0.29, 0.717) is 18.4 Å². The van der Waals surface area contributed by atoms with Crippen molar-refractivity contribution >= 4 is 5.91 Å². The second kappa shape index (κ2) is 6.52. The highest BCUT2D eigenvalue weighted by molar-refractivity contribution is 5.87. The van der Waals surface area contributed by atoms with Crippen molar-refractivity contribution in [3.8, 4) is 11.6 Å². The summed E-state index contributed by atoms with van der Waals surface area (Å²) >= 11 is 0. The first-order valence-electron chi connectivity index (χ1n) is 7.62. The molecular formula is C17H17F2N3O2. The maximum Gasteiger partial charge on any atom is 0.240 e. The van der Waals surface area contributed by atoms with Crippen LogP contribution in [0.4, 0.5) is 8.78 Å². The molecule has 0 aliphatic heterocycles. The van der Waals surface area contributed by atoms with E-state index in [0.717, 1.165) is 18.6 Å². The molecule has 126 valence electrons. The fourth-order valence-corrected chi connectivity index (χ4v) is 2.45. The molecule has 1 aliphatic carbocycles. The molecule has 1 saturated carbocycles. The minimum atomic E-state index is -0.828. The first-order valence-corrected chi connectivity index (χ1v) is 7.62. The molecule has 0 unspecified atom stereocenters. The number of halogens is 2. The second-order valence-electron chi connectivity index (χ2n) is 5.84. The first kappa shape index (κ1) is 16.3. The van der Waals surface area contributed by atoms with E-state index in [9.17, 15) is 13.6 Å². The van der Waals surface area contributed by atoms with Gasteiger partial charge in [-0.2, -0.15) is 0 Å². The third kappa shape index (κ3) is 3.35. The maximum atomic E-state index is 13.7. The van der Waals surface area contributed by atoms with Gasteiger partial charge in [0, 0.05) is 24.4 Å². The number of hydrogen-bond donors (Lipinski definition) is 2. The number of carbonyl (C=O) groups is 1. The first-order chi connectivity index (χ1) is 11.5. The van der Waals surface area contributed by atoms with Crippen LogP contribution in [0.25, 0.3) is 0 Å². The summed E-state index contributed by atoms with van der Waals surface area (Å²) in [4.78, 5) is 16.1. The Hall–Kier alpha value is -2.54. The Morgan fingerprint density at radius 3 is 2.79 bits per heavy atom. The standard InChI is InChI=1S/C17H17F2N3O2/c18-12-4-5-14(13(19)9-12)24-15-11(3-1-8-21-15)10-22-16(23)17(20)6-2-7-17/h1,3-5,8-9H,2,6-7,10,20H2,(H,22,23). The molecule has 1 heterocycles. The van der Waals surface area contributed by atoms with Gasteiger partial charge in [0.15, 0.2) is 11.6 Å². The van der Waals surface area contributed by atoms with Crippen molar-refractivity contribution in [2.75, 3.05) is 0 Å². The molecule has 3 N–H and O–H groups in total. The number of nitrogens with one attached hydrogen (secondary N) is 1. The highest BCUT2D eigenvalue weighted by Crippen LogP contribution is 2.30. The molecule has 0 bridgehead atoms. The molecule has 1 amide bonds. The van der Waals surface area contributed by atoms with Gasteiger partial charge in [0.05, 0.1) is 5.54 Å². The molecule has 1 fully saturated rings. The number of pyridine rings is 1. The zero-order chi connectivity index (χ0) is 17.2. The van der Waals surface area contributed by atoms with E-state index in [-0.39, 0.29) is 24.1 Å². The maximum absolute atomic E-state index is 13.7. The minimum Gasteiger partial charge on any atom is -0.436 e. The number of nitrogens with two attached hydrogens (primary N) is 1. The fraction of sp³-hybridized carbons (Fsp3) is 0.294. The lowest BCUT2D eigenvalue weighted by Gasteiger charge is -2.36. The number of amides is 1. The van der Waals surface area contributed by atoms with Crippen LogP contribution in [0.2, 0.25) is 0 Å². The van der Waals surface area contributed by atoms with Gasteiger partial charge in [0.1, 0.15) is 5.82 Å². The Morgan fingerprint density at radius 1 is 1.33 bits per heavy atom. The monoisotopic (exact) mass is 333 g/mol. The Kier molecular flexibility index (Phi) is 4.44. The number of hydrogen-bond acceptors (Lipinski definition) is 4. The van der Waals surface area contributed by atoms with Crippen LogP contribution in [0.15, 0.2) is 36.5 Å². The lowest BCUT2D eigenvalue weighted by Crippen LogP contribution is -2.58. The van der Waals surface area contributed by atoms with Crippen LogP contribution in [0.5, 0.6) is 11.6 Å². The smallest absolute Gasteiger partial charge is 0.240 e. The Balaban J connectivity index is 1.72.